The van der Waals surface area contributed by atoms with E-state index in [9.17, 15) is 5.11 Å². The molecule has 84 valence electrons. The van der Waals surface area contributed by atoms with Crippen LogP contribution in [0.3, 0.4) is 0 Å². The van der Waals surface area contributed by atoms with E-state index in [-0.39, 0.29) is 6.04 Å². The third kappa shape index (κ3) is 2.64. The van der Waals surface area contributed by atoms with E-state index in [0.29, 0.717) is 10.4 Å². The van der Waals surface area contributed by atoms with Crippen LogP contribution in [0.15, 0.2) is 19.6 Å². The van der Waals surface area contributed by atoms with Crippen LogP contribution in [0, 0.1) is 0 Å². The van der Waals surface area contributed by atoms with Crippen LogP contribution in [0.4, 0.5) is 0 Å². The highest BCUT2D eigenvalue weighted by Crippen LogP contribution is 2.32. The summed E-state index contributed by atoms with van der Waals surface area (Å²) in [6.45, 7) is 0.977. The van der Waals surface area contributed by atoms with Crippen molar-refractivity contribution in [3.05, 3.63) is 21.0 Å². The zero-order chi connectivity index (χ0) is 10.8. The van der Waals surface area contributed by atoms with Crippen molar-refractivity contribution >= 4 is 31.9 Å². The molecule has 1 aromatic rings. The Morgan fingerprint density at radius 3 is 2.80 bits per heavy atom. The van der Waals surface area contributed by atoms with Crippen molar-refractivity contribution in [1.82, 2.24) is 5.32 Å². The number of furan rings is 1. The summed E-state index contributed by atoms with van der Waals surface area (Å²) in [6.07, 6.45) is 2.79. The van der Waals surface area contributed by atoms with Gasteiger partial charge in [0.2, 0.25) is 0 Å². The van der Waals surface area contributed by atoms with Gasteiger partial charge in [0, 0.05) is 6.04 Å². The number of piperidine rings is 1. The minimum absolute atomic E-state index is 0.115. The van der Waals surface area contributed by atoms with Crippen LogP contribution in [0.25, 0.3) is 0 Å². The lowest BCUT2D eigenvalue weighted by Gasteiger charge is -2.26. The maximum atomic E-state index is 10.1. The highest BCUT2D eigenvalue weighted by Gasteiger charge is 2.25. The number of hydrogen-bond acceptors (Lipinski definition) is 3. The zero-order valence-corrected chi connectivity index (χ0v) is 11.3. The number of rotatable bonds is 2. The molecule has 0 spiro atoms. The van der Waals surface area contributed by atoms with E-state index in [1.807, 2.05) is 6.07 Å². The van der Waals surface area contributed by atoms with Crippen LogP contribution in [-0.2, 0) is 0 Å². The van der Waals surface area contributed by atoms with E-state index in [0.717, 1.165) is 23.9 Å². The van der Waals surface area contributed by atoms with Crippen LogP contribution in [0.5, 0.6) is 0 Å². The Labute approximate surface area is 105 Å². The summed E-state index contributed by atoms with van der Waals surface area (Å²) in [7, 11) is 0. The van der Waals surface area contributed by atoms with Gasteiger partial charge in [-0.1, -0.05) is 6.42 Å². The van der Waals surface area contributed by atoms with E-state index < -0.39 is 6.10 Å². The van der Waals surface area contributed by atoms with Gasteiger partial charge < -0.3 is 14.8 Å². The van der Waals surface area contributed by atoms with E-state index in [4.69, 9.17) is 4.42 Å². The van der Waals surface area contributed by atoms with Crippen LogP contribution in [0.2, 0.25) is 0 Å². The van der Waals surface area contributed by atoms with Crippen molar-refractivity contribution in [2.24, 2.45) is 0 Å². The van der Waals surface area contributed by atoms with Gasteiger partial charge in [-0.2, -0.15) is 0 Å². The Balaban J connectivity index is 2.08. The summed E-state index contributed by atoms with van der Waals surface area (Å²) in [6, 6.07) is 1.93. The molecule has 0 radical (unpaired) electrons. The molecule has 0 bridgehead atoms. The quantitative estimate of drug-likeness (QED) is 0.871. The van der Waals surface area contributed by atoms with Gasteiger partial charge in [0.15, 0.2) is 4.67 Å². The fourth-order valence-corrected chi connectivity index (χ4v) is 2.46. The third-order valence-corrected chi connectivity index (χ3v) is 4.40. The molecule has 0 amide bonds. The van der Waals surface area contributed by atoms with Crippen LogP contribution < -0.4 is 5.32 Å². The first-order valence-electron chi connectivity index (χ1n) is 5.04. The molecule has 5 heteroatoms. The Bertz CT molecular complexity index is 315. The lowest BCUT2D eigenvalue weighted by Crippen LogP contribution is -2.38. The molecule has 0 aliphatic carbocycles. The molecule has 0 aromatic carbocycles. The van der Waals surface area contributed by atoms with Gasteiger partial charge in [-0.25, -0.2) is 0 Å². The largest absolute Gasteiger partial charge is 0.450 e. The fourth-order valence-electron chi connectivity index (χ4n) is 1.86. The van der Waals surface area contributed by atoms with Crippen molar-refractivity contribution in [3.63, 3.8) is 0 Å². The Morgan fingerprint density at radius 1 is 1.47 bits per heavy atom. The minimum atomic E-state index is -0.562. The molecular weight excluding hydrogens is 326 g/mol. The molecule has 15 heavy (non-hydrogen) atoms. The molecule has 3 nitrogen and oxygen atoms in total. The summed E-state index contributed by atoms with van der Waals surface area (Å²) in [5.41, 5.74) is 0. The van der Waals surface area contributed by atoms with Gasteiger partial charge in [0.1, 0.15) is 11.9 Å². The number of hydrogen-bond donors (Lipinski definition) is 2. The summed E-state index contributed by atoms with van der Waals surface area (Å²) in [4.78, 5) is 0. The molecule has 2 heterocycles. The van der Waals surface area contributed by atoms with Gasteiger partial charge >= 0.3 is 0 Å². The molecule has 2 N–H and O–H groups in total. The first-order valence-corrected chi connectivity index (χ1v) is 6.63. The molecule has 1 aliphatic heterocycles. The molecule has 1 aliphatic rings. The predicted molar refractivity (Wildman–Crippen MR) is 64.7 cm³/mol. The summed E-state index contributed by atoms with van der Waals surface area (Å²) < 4.78 is 6.88. The van der Waals surface area contributed by atoms with Crippen LogP contribution >= 0.6 is 31.9 Å². The Kier molecular flexibility index (Phi) is 3.88. The van der Waals surface area contributed by atoms with Gasteiger partial charge in [0.05, 0.1) is 4.47 Å². The molecule has 2 rings (SSSR count). The fraction of sp³-hybridized carbons (Fsp3) is 0.600. The van der Waals surface area contributed by atoms with Crippen molar-refractivity contribution in [3.8, 4) is 0 Å². The average Bonchev–Trinajstić information content (AvgIpc) is 2.59. The summed E-state index contributed by atoms with van der Waals surface area (Å²) in [5.74, 6) is 0.605. The second-order valence-electron chi connectivity index (χ2n) is 3.77. The maximum Gasteiger partial charge on any atom is 0.183 e. The lowest BCUT2D eigenvalue weighted by molar-refractivity contribution is 0.0915. The summed E-state index contributed by atoms with van der Waals surface area (Å²) >= 11 is 6.60. The van der Waals surface area contributed by atoms with Crippen LogP contribution in [-0.4, -0.2) is 17.7 Å². The molecule has 1 fully saturated rings. The van der Waals surface area contributed by atoms with Crippen molar-refractivity contribution in [2.45, 2.75) is 31.4 Å². The van der Waals surface area contributed by atoms with Crippen molar-refractivity contribution in [1.29, 1.82) is 0 Å². The maximum absolute atomic E-state index is 10.1. The second kappa shape index (κ2) is 4.99. The minimum Gasteiger partial charge on any atom is -0.450 e. The second-order valence-corrected chi connectivity index (χ2v) is 5.35. The number of aliphatic hydroxyl groups excluding tert-OH is 1. The molecule has 1 saturated heterocycles. The SMILES string of the molecule is OC(c1cc(Br)c(Br)o1)C1CCCCN1. The molecule has 2 atom stereocenters. The van der Waals surface area contributed by atoms with Crippen molar-refractivity contribution < 1.29 is 9.52 Å². The van der Waals surface area contributed by atoms with Gasteiger partial charge in [-0.3, -0.25) is 0 Å². The third-order valence-electron chi connectivity index (χ3n) is 2.69. The van der Waals surface area contributed by atoms with E-state index in [1.54, 1.807) is 0 Å². The summed E-state index contributed by atoms with van der Waals surface area (Å²) in [5, 5.41) is 13.4. The Morgan fingerprint density at radius 2 is 2.27 bits per heavy atom. The molecular formula is C10H13Br2NO2. The predicted octanol–water partition coefficient (Wildman–Crippen LogP) is 2.98. The zero-order valence-electron chi connectivity index (χ0n) is 8.17. The smallest absolute Gasteiger partial charge is 0.183 e. The normalized spacial score (nSPS) is 24.1. The van der Waals surface area contributed by atoms with Gasteiger partial charge in [-0.05, 0) is 57.3 Å². The topological polar surface area (TPSA) is 45.4 Å². The van der Waals surface area contributed by atoms with E-state index >= 15 is 0 Å². The first kappa shape index (κ1) is 11.6. The molecule has 1 aromatic heterocycles. The standard InChI is InChI=1S/C10H13Br2NO2/c11-6-5-8(15-10(6)12)9(14)7-3-1-2-4-13-7/h5,7,9,13-14H,1-4H2. The monoisotopic (exact) mass is 337 g/mol. The number of halogens is 2. The first-order chi connectivity index (χ1) is 7.18. The van der Waals surface area contributed by atoms with Gasteiger partial charge in [-0.15, -0.1) is 0 Å². The lowest BCUT2D eigenvalue weighted by atomic mass is 9.98. The van der Waals surface area contributed by atoms with E-state index in [1.165, 1.54) is 6.42 Å². The van der Waals surface area contributed by atoms with Gasteiger partial charge in [0.25, 0.3) is 0 Å². The highest BCUT2D eigenvalue weighted by molar-refractivity contribution is 9.13. The average molecular weight is 339 g/mol. The number of aliphatic hydroxyl groups is 1. The molecule has 0 saturated carbocycles. The molecule has 2 unspecified atom stereocenters. The van der Waals surface area contributed by atoms with Crippen molar-refractivity contribution in [2.75, 3.05) is 6.54 Å². The van der Waals surface area contributed by atoms with Crippen LogP contribution in [0.1, 0.15) is 31.1 Å². The highest BCUT2D eigenvalue weighted by atomic mass is 79.9. The Hall–Kier alpha value is 0.160. The number of nitrogens with one attached hydrogen (secondary N) is 1. The van der Waals surface area contributed by atoms with E-state index in [2.05, 4.69) is 37.2 Å².